The van der Waals surface area contributed by atoms with Crippen LogP contribution < -0.4 is 10.6 Å². The number of aromatic nitrogens is 1. The normalized spacial score (nSPS) is 12.5. The van der Waals surface area contributed by atoms with E-state index in [1.54, 1.807) is 11.3 Å². The molecule has 5 nitrogen and oxygen atoms in total. The number of amides is 2. The first-order valence-electron chi connectivity index (χ1n) is 7.47. The molecule has 0 saturated carbocycles. The van der Waals surface area contributed by atoms with Crippen molar-refractivity contribution in [3.63, 3.8) is 0 Å². The zero-order chi connectivity index (χ0) is 15.8. The van der Waals surface area contributed by atoms with Gasteiger partial charge in [-0.1, -0.05) is 13.8 Å². The molecule has 1 heterocycles. The van der Waals surface area contributed by atoms with Gasteiger partial charge in [0.1, 0.15) is 0 Å². The molecule has 0 aliphatic heterocycles. The predicted octanol–water partition coefficient (Wildman–Crippen LogP) is 2.60. The van der Waals surface area contributed by atoms with Gasteiger partial charge in [0, 0.05) is 18.0 Å². The lowest BCUT2D eigenvalue weighted by Gasteiger charge is -2.18. The van der Waals surface area contributed by atoms with Crippen LogP contribution in [0.5, 0.6) is 0 Å². The Balaban J connectivity index is 2.33. The van der Waals surface area contributed by atoms with Crippen LogP contribution >= 0.6 is 11.3 Å². The highest BCUT2D eigenvalue weighted by Crippen LogP contribution is 2.16. The summed E-state index contributed by atoms with van der Waals surface area (Å²) in [6, 6.07) is -0.160. The Kier molecular flexibility index (Phi) is 7.67. The van der Waals surface area contributed by atoms with E-state index in [0.717, 1.165) is 28.4 Å². The summed E-state index contributed by atoms with van der Waals surface area (Å²) in [5.41, 5.74) is 0.982. The highest BCUT2D eigenvalue weighted by Gasteiger charge is 2.12. The van der Waals surface area contributed by atoms with E-state index in [1.165, 1.54) is 0 Å². The van der Waals surface area contributed by atoms with Crippen LogP contribution in [0.3, 0.4) is 0 Å². The summed E-state index contributed by atoms with van der Waals surface area (Å²) in [7, 11) is 0. The molecule has 0 radical (unpaired) electrons. The number of aliphatic hydroxyl groups excluding tert-OH is 1. The molecule has 3 N–H and O–H groups in total. The lowest BCUT2D eigenvalue weighted by molar-refractivity contribution is 0.225. The molecule has 0 fully saturated rings. The summed E-state index contributed by atoms with van der Waals surface area (Å²) >= 11 is 1.61. The van der Waals surface area contributed by atoms with Gasteiger partial charge in [-0.25, -0.2) is 9.78 Å². The van der Waals surface area contributed by atoms with Crippen molar-refractivity contribution >= 4 is 17.4 Å². The van der Waals surface area contributed by atoms with Gasteiger partial charge in [0.25, 0.3) is 0 Å². The van der Waals surface area contributed by atoms with Crippen LogP contribution in [0.4, 0.5) is 4.79 Å². The first-order valence-corrected chi connectivity index (χ1v) is 8.29. The molecule has 1 unspecified atom stereocenters. The van der Waals surface area contributed by atoms with Gasteiger partial charge in [-0.15, -0.1) is 11.3 Å². The van der Waals surface area contributed by atoms with Gasteiger partial charge in [-0.2, -0.15) is 0 Å². The summed E-state index contributed by atoms with van der Waals surface area (Å²) < 4.78 is 0. The molecule has 1 aromatic rings. The summed E-state index contributed by atoms with van der Waals surface area (Å²) in [6.45, 7) is 9.51. The van der Waals surface area contributed by atoms with Gasteiger partial charge in [-0.3, -0.25) is 0 Å². The number of nitrogens with one attached hydrogen (secondary N) is 2. The quantitative estimate of drug-likeness (QED) is 0.690. The fourth-order valence-electron chi connectivity index (χ4n) is 2.35. The third-order valence-electron chi connectivity index (χ3n) is 3.30. The van der Waals surface area contributed by atoms with E-state index in [1.807, 2.05) is 13.8 Å². The van der Waals surface area contributed by atoms with Gasteiger partial charge in [0.15, 0.2) is 0 Å². The number of aryl methyl sites for hydroxylation is 2. The van der Waals surface area contributed by atoms with E-state index in [2.05, 4.69) is 29.5 Å². The van der Waals surface area contributed by atoms with Gasteiger partial charge < -0.3 is 15.7 Å². The van der Waals surface area contributed by atoms with Crippen molar-refractivity contribution in [2.24, 2.45) is 11.8 Å². The van der Waals surface area contributed by atoms with Crippen molar-refractivity contribution in [1.82, 2.24) is 15.6 Å². The molecular formula is C15H27N3O2S. The maximum absolute atomic E-state index is 11.8. The Morgan fingerprint density at radius 1 is 1.33 bits per heavy atom. The molecule has 0 spiro atoms. The van der Waals surface area contributed by atoms with E-state index in [-0.39, 0.29) is 12.6 Å². The van der Waals surface area contributed by atoms with Crippen LogP contribution in [0.2, 0.25) is 0 Å². The number of hydrogen-bond acceptors (Lipinski definition) is 4. The Labute approximate surface area is 131 Å². The summed E-state index contributed by atoms with van der Waals surface area (Å²) in [4.78, 5) is 17.3. The fraction of sp³-hybridized carbons (Fsp3) is 0.733. The highest BCUT2D eigenvalue weighted by atomic mass is 32.1. The second-order valence-corrected chi connectivity index (χ2v) is 7.10. The third kappa shape index (κ3) is 6.91. The average Bonchev–Trinajstić information content (AvgIpc) is 2.71. The number of rotatable bonds is 8. The van der Waals surface area contributed by atoms with Crippen LogP contribution in [-0.4, -0.2) is 29.3 Å². The molecule has 1 atom stereocenters. The molecule has 1 rings (SSSR count). The molecule has 120 valence electrons. The van der Waals surface area contributed by atoms with E-state index < -0.39 is 0 Å². The maximum Gasteiger partial charge on any atom is 0.315 e. The molecule has 0 aromatic carbocycles. The minimum absolute atomic E-state index is 0.160. The number of urea groups is 1. The molecule has 0 aliphatic rings. The van der Waals surface area contributed by atoms with Gasteiger partial charge in [-0.05, 0) is 38.5 Å². The smallest absolute Gasteiger partial charge is 0.315 e. The molecule has 1 aromatic heterocycles. The SMILES string of the molecule is Cc1nc(C)c(CNC(=O)NCC(CCO)CC(C)C)s1. The summed E-state index contributed by atoms with van der Waals surface area (Å²) in [5.74, 6) is 0.891. The van der Waals surface area contributed by atoms with Crippen LogP contribution in [0.25, 0.3) is 0 Å². The molecule has 21 heavy (non-hydrogen) atoms. The third-order valence-corrected chi connectivity index (χ3v) is 4.38. The molecular weight excluding hydrogens is 286 g/mol. The number of carbonyl (C=O) groups excluding carboxylic acids is 1. The molecule has 0 aliphatic carbocycles. The van der Waals surface area contributed by atoms with Crippen molar-refractivity contribution in [2.75, 3.05) is 13.2 Å². The predicted molar refractivity (Wildman–Crippen MR) is 86.5 cm³/mol. The van der Waals surface area contributed by atoms with E-state index in [9.17, 15) is 4.79 Å². The van der Waals surface area contributed by atoms with Crippen molar-refractivity contribution in [2.45, 2.75) is 47.1 Å². The average molecular weight is 313 g/mol. The Morgan fingerprint density at radius 3 is 2.57 bits per heavy atom. The zero-order valence-corrected chi connectivity index (χ0v) is 14.2. The standard InChI is InChI=1S/C15H27N3O2S/c1-10(2)7-13(5-6-19)8-16-15(20)17-9-14-11(3)18-12(4)21-14/h10,13,19H,5-9H2,1-4H3,(H2,16,17,20). The Morgan fingerprint density at radius 2 is 2.05 bits per heavy atom. The van der Waals surface area contributed by atoms with Crippen molar-refractivity contribution in [1.29, 1.82) is 0 Å². The minimum atomic E-state index is -0.160. The number of carbonyl (C=O) groups is 1. The topological polar surface area (TPSA) is 74.2 Å². The first kappa shape index (κ1) is 17.9. The Bertz CT molecular complexity index is 446. The minimum Gasteiger partial charge on any atom is -0.396 e. The number of nitrogens with zero attached hydrogens (tertiary/aromatic N) is 1. The lowest BCUT2D eigenvalue weighted by atomic mass is 9.94. The van der Waals surface area contributed by atoms with Crippen molar-refractivity contribution in [3.8, 4) is 0 Å². The highest BCUT2D eigenvalue weighted by molar-refractivity contribution is 7.11. The van der Waals surface area contributed by atoms with Crippen LogP contribution in [-0.2, 0) is 6.54 Å². The van der Waals surface area contributed by atoms with Crippen LogP contribution in [0, 0.1) is 25.7 Å². The first-order chi connectivity index (χ1) is 9.92. The van der Waals surface area contributed by atoms with Gasteiger partial charge in [0.05, 0.1) is 17.2 Å². The van der Waals surface area contributed by atoms with E-state index in [4.69, 9.17) is 5.11 Å². The molecule has 0 saturated heterocycles. The van der Waals surface area contributed by atoms with Gasteiger partial charge >= 0.3 is 6.03 Å². The second-order valence-electron chi connectivity index (χ2n) is 5.81. The molecule has 2 amide bonds. The van der Waals surface area contributed by atoms with Crippen LogP contribution in [0.1, 0.15) is 42.3 Å². The summed E-state index contributed by atoms with van der Waals surface area (Å²) in [5, 5.41) is 15.8. The van der Waals surface area contributed by atoms with Gasteiger partial charge in [0.2, 0.25) is 0 Å². The fourth-order valence-corrected chi connectivity index (χ4v) is 3.23. The van der Waals surface area contributed by atoms with Crippen molar-refractivity contribution in [3.05, 3.63) is 15.6 Å². The molecule has 0 bridgehead atoms. The second kappa shape index (κ2) is 9.00. The number of aliphatic hydroxyl groups is 1. The molecule has 6 heteroatoms. The lowest BCUT2D eigenvalue weighted by Crippen LogP contribution is -2.38. The van der Waals surface area contributed by atoms with E-state index >= 15 is 0 Å². The zero-order valence-electron chi connectivity index (χ0n) is 13.4. The van der Waals surface area contributed by atoms with Crippen LogP contribution in [0.15, 0.2) is 0 Å². The monoisotopic (exact) mass is 313 g/mol. The maximum atomic E-state index is 11.8. The number of thiazole rings is 1. The largest absolute Gasteiger partial charge is 0.396 e. The Hall–Kier alpha value is -1.14. The summed E-state index contributed by atoms with van der Waals surface area (Å²) in [6.07, 6.45) is 1.74. The van der Waals surface area contributed by atoms with E-state index in [0.29, 0.717) is 24.9 Å². The number of hydrogen-bond donors (Lipinski definition) is 3. The van der Waals surface area contributed by atoms with Crippen molar-refractivity contribution < 1.29 is 9.90 Å².